The van der Waals surface area contributed by atoms with E-state index in [1.54, 1.807) is 7.11 Å². The standard InChI is InChI=1S/C4H9O2S/c1-6-3-2-4-7-5/h2-4H2,1H3/q+1. The second-order valence-electron chi connectivity index (χ2n) is 1.17. The Labute approximate surface area is 47.4 Å². The zero-order valence-corrected chi connectivity index (χ0v) is 5.16. The fraction of sp³-hybridized carbons (Fsp3) is 1.00. The maximum absolute atomic E-state index is 9.67. The second-order valence-corrected chi connectivity index (χ2v) is 1.81. The van der Waals surface area contributed by atoms with Crippen LogP contribution in [0.5, 0.6) is 0 Å². The van der Waals surface area contributed by atoms with E-state index in [0.29, 0.717) is 24.0 Å². The van der Waals surface area contributed by atoms with Gasteiger partial charge < -0.3 is 4.74 Å². The average Bonchev–Trinajstić information content (AvgIpc) is 1.69. The molecule has 0 fully saturated rings. The normalized spacial score (nSPS) is 8.71. The van der Waals surface area contributed by atoms with Crippen molar-refractivity contribution in [1.82, 2.24) is 0 Å². The molecule has 3 heteroatoms. The topological polar surface area (TPSA) is 26.3 Å². The van der Waals surface area contributed by atoms with Gasteiger partial charge in [-0.25, -0.2) is 0 Å². The Morgan fingerprint density at radius 3 is 2.86 bits per heavy atom. The predicted molar refractivity (Wildman–Crippen MR) is 29.4 cm³/mol. The average molecular weight is 121 g/mol. The molecule has 0 rings (SSSR count). The van der Waals surface area contributed by atoms with Crippen LogP contribution in [0.15, 0.2) is 0 Å². The Kier molecular flexibility index (Phi) is 5.96. The van der Waals surface area contributed by atoms with Crippen molar-refractivity contribution in [3.63, 3.8) is 0 Å². The van der Waals surface area contributed by atoms with Crippen molar-refractivity contribution in [3.05, 3.63) is 0 Å². The highest BCUT2D eigenvalue weighted by atomic mass is 32.1. The van der Waals surface area contributed by atoms with Crippen LogP contribution in [0.25, 0.3) is 0 Å². The fourth-order valence-corrected chi connectivity index (χ4v) is 0.498. The first-order valence-corrected chi connectivity index (χ1v) is 3.06. The minimum Gasteiger partial charge on any atom is -0.384 e. The maximum atomic E-state index is 9.67. The molecule has 42 valence electrons. The van der Waals surface area contributed by atoms with Crippen LogP contribution in [0.3, 0.4) is 0 Å². The highest BCUT2D eigenvalue weighted by Crippen LogP contribution is 1.76. The van der Waals surface area contributed by atoms with Crippen molar-refractivity contribution in [2.75, 3.05) is 19.5 Å². The first-order valence-electron chi connectivity index (χ1n) is 2.15. The summed E-state index contributed by atoms with van der Waals surface area (Å²) in [7, 11) is 1.63. The monoisotopic (exact) mass is 121 g/mol. The van der Waals surface area contributed by atoms with Gasteiger partial charge in [-0.3, -0.25) is 0 Å². The van der Waals surface area contributed by atoms with E-state index in [4.69, 9.17) is 4.74 Å². The van der Waals surface area contributed by atoms with Crippen molar-refractivity contribution in [2.24, 2.45) is 0 Å². The van der Waals surface area contributed by atoms with Crippen LogP contribution in [0, 0.1) is 0 Å². The first kappa shape index (κ1) is 6.98. The minimum absolute atomic E-state index is 0.612. The second kappa shape index (κ2) is 5.98. The summed E-state index contributed by atoms with van der Waals surface area (Å²) < 4.78 is 14.4. The van der Waals surface area contributed by atoms with Gasteiger partial charge in [-0.15, -0.1) is 0 Å². The summed E-state index contributed by atoms with van der Waals surface area (Å²) in [6.45, 7) is 0.704. The third-order valence-corrected chi connectivity index (χ3v) is 1.03. The fourth-order valence-electron chi connectivity index (χ4n) is 0.262. The Bertz CT molecular complexity index is 47.0. The molecule has 7 heavy (non-hydrogen) atoms. The molecule has 0 bridgehead atoms. The predicted octanol–water partition coefficient (Wildman–Crippen LogP) is 0.451. The van der Waals surface area contributed by atoms with Crippen LogP contribution in [0.4, 0.5) is 0 Å². The van der Waals surface area contributed by atoms with Gasteiger partial charge in [-0.2, -0.15) is 0 Å². The third-order valence-electron chi connectivity index (χ3n) is 0.576. The van der Waals surface area contributed by atoms with E-state index in [1.807, 2.05) is 0 Å². The minimum atomic E-state index is 0.612. The molecule has 0 N–H and O–H groups in total. The molecule has 0 aliphatic carbocycles. The lowest BCUT2D eigenvalue weighted by Crippen LogP contribution is -1.90. The zero-order chi connectivity index (χ0) is 5.54. The lowest BCUT2D eigenvalue weighted by atomic mass is 10.5. The first-order chi connectivity index (χ1) is 3.41. The molecule has 0 aromatic heterocycles. The number of ether oxygens (including phenoxy) is 1. The SMILES string of the molecule is COCCC[S+]=O. The summed E-state index contributed by atoms with van der Waals surface area (Å²) in [6, 6.07) is 0. The van der Waals surface area contributed by atoms with E-state index in [9.17, 15) is 4.21 Å². The lowest BCUT2D eigenvalue weighted by molar-refractivity contribution is 0.200. The van der Waals surface area contributed by atoms with Gasteiger partial charge in [-0.05, 0) is 0 Å². The van der Waals surface area contributed by atoms with E-state index in [-0.39, 0.29) is 0 Å². The largest absolute Gasteiger partial charge is 0.458 e. The quantitative estimate of drug-likeness (QED) is 0.399. The Hall–Kier alpha value is -0.0200. The van der Waals surface area contributed by atoms with E-state index in [1.165, 1.54) is 0 Å². The zero-order valence-electron chi connectivity index (χ0n) is 4.35. The number of methoxy groups -OCH3 is 1. The number of hydrogen-bond acceptors (Lipinski definition) is 2. The molecule has 0 radical (unpaired) electrons. The van der Waals surface area contributed by atoms with Gasteiger partial charge in [0, 0.05) is 17.7 Å². The van der Waals surface area contributed by atoms with Crippen LogP contribution in [0.2, 0.25) is 0 Å². The van der Waals surface area contributed by atoms with Gasteiger partial charge in [0.25, 0.3) is 0 Å². The molecule has 0 aromatic rings. The molecule has 0 aromatic carbocycles. The Balaban J connectivity index is 2.56. The van der Waals surface area contributed by atoms with Crippen molar-refractivity contribution in [3.8, 4) is 0 Å². The van der Waals surface area contributed by atoms with Crippen molar-refractivity contribution >= 4 is 11.7 Å². The van der Waals surface area contributed by atoms with Crippen LogP contribution in [0.1, 0.15) is 6.42 Å². The van der Waals surface area contributed by atoms with Crippen LogP contribution in [-0.4, -0.2) is 19.5 Å². The summed E-state index contributed by atoms with van der Waals surface area (Å²) >= 11 is 0.612. The number of rotatable bonds is 4. The summed E-state index contributed by atoms with van der Waals surface area (Å²) in [4.78, 5) is 0. The molecule has 0 saturated carbocycles. The summed E-state index contributed by atoms with van der Waals surface area (Å²) in [5, 5.41) is 0. The van der Waals surface area contributed by atoms with Gasteiger partial charge >= 0.3 is 11.7 Å². The van der Waals surface area contributed by atoms with Crippen molar-refractivity contribution < 1.29 is 8.95 Å². The van der Waals surface area contributed by atoms with Crippen molar-refractivity contribution in [2.45, 2.75) is 6.42 Å². The molecule has 0 aliphatic heterocycles. The van der Waals surface area contributed by atoms with Crippen LogP contribution >= 0.6 is 0 Å². The molecular weight excluding hydrogens is 112 g/mol. The Morgan fingerprint density at radius 1 is 1.71 bits per heavy atom. The molecule has 0 aliphatic rings. The molecule has 0 spiro atoms. The smallest absolute Gasteiger partial charge is 0.384 e. The van der Waals surface area contributed by atoms with E-state index in [2.05, 4.69) is 0 Å². The van der Waals surface area contributed by atoms with E-state index in [0.717, 1.165) is 6.42 Å². The van der Waals surface area contributed by atoms with Gasteiger partial charge in [0.1, 0.15) is 0 Å². The van der Waals surface area contributed by atoms with E-state index < -0.39 is 0 Å². The molecule has 0 atom stereocenters. The molecule has 0 unspecified atom stereocenters. The highest BCUT2D eigenvalue weighted by Gasteiger charge is 1.93. The summed E-state index contributed by atoms with van der Waals surface area (Å²) in [5.74, 6) is 0.661. The van der Waals surface area contributed by atoms with Crippen LogP contribution in [-0.2, 0) is 20.6 Å². The molecule has 0 saturated heterocycles. The lowest BCUT2D eigenvalue weighted by Gasteiger charge is -1.84. The van der Waals surface area contributed by atoms with E-state index >= 15 is 0 Å². The third kappa shape index (κ3) is 5.98. The van der Waals surface area contributed by atoms with Gasteiger partial charge in [0.15, 0.2) is 0 Å². The maximum Gasteiger partial charge on any atom is 0.458 e. The summed E-state index contributed by atoms with van der Waals surface area (Å²) in [5.41, 5.74) is 0. The van der Waals surface area contributed by atoms with Gasteiger partial charge in [-0.1, -0.05) is 0 Å². The van der Waals surface area contributed by atoms with Crippen molar-refractivity contribution in [1.29, 1.82) is 0 Å². The number of hydrogen-bond donors (Lipinski definition) is 0. The Morgan fingerprint density at radius 2 is 2.43 bits per heavy atom. The summed E-state index contributed by atoms with van der Waals surface area (Å²) in [6.07, 6.45) is 0.866. The van der Waals surface area contributed by atoms with Gasteiger partial charge in [0.2, 0.25) is 5.75 Å². The highest BCUT2D eigenvalue weighted by molar-refractivity contribution is 7.65. The molecule has 2 nitrogen and oxygen atoms in total. The van der Waals surface area contributed by atoms with Gasteiger partial charge in [0.05, 0.1) is 6.61 Å². The molecular formula is C4H9O2S+. The molecule has 0 amide bonds. The molecule has 0 heterocycles. The van der Waals surface area contributed by atoms with Crippen LogP contribution < -0.4 is 0 Å².